The Labute approximate surface area is 129 Å². The molecule has 0 amide bonds. The average molecular weight is 312 g/mol. The third kappa shape index (κ3) is 2.69. The molecule has 0 atom stereocenters. The maximum Gasteiger partial charge on any atom is 0.201 e. The van der Waals surface area contributed by atoms with Gasteiger partial charge in [-0.1, -0.05) is 12.1 Å². The first-order valence-electron chi connectivity index (χ1n) is 6.64. The van der Waals surface area contributed by atoms with E-state index in [0.29, 0.717) is 5.56 Å². The molecule has 0 spiro atoms. The van der Waals surface area contributed by atoms with Crippen molar-refractivity contribution in [2.24, 2.45) is 0 Å². The summed E-state index contributed by atoms with van der Waals surface area (Å²) in [5.74, 6) is -1.23. The number of phenols is 4. The van der Waals surface area contributed by atoms with Crippen LogP contribution in [0, 0.1) is 0 Å². The lowest BCUT2D eigenvalue weighted by atomic mass is 10.1. The maximum atomic E-state index is 12.0. The van der Waals surface area contributed by atoms with Crippen LogP contribution in [0.1, 0.15) is 11.3 Å². The number of phenolic OH excluding ortho intramolecular Hbond substituents is 4. The fourth-order valence-electron chi connectivity index (χ4n) is 2.12. The van der Waals surface area contributed by atoms with Crippen LogP contribution >= 0.6 is 0 Å². The number of hydrogen-bond acceptors (Lipinski definition) is 6. The standard InChI is InChI=1S/C17H12O6/c18-12-5-2-9(7-15(12)21)1-3-10-8-14(20)11-4-6-13(19)16(22)17(11)23-10/h1-8,18-19,21-22H/b3-1+. The smallest absolute Gasteiger partial charge is 0.201 e. The number of fused-ring (bicyclic) bond motifs is 1. The predicted octanol–water partition coefficient (Wildman–Crippen LogP) is 2.79. The number of benzene rings is 2. The Balaban J connectivity index is 2.06. The summed E-state index contributed by atoms with van der Waals surface area (Å²) in [6, 6.07) is 8.05. The van der Waals surface area contributed by atoms with E-state index in [9.17, 15) is 25.2 Å². The molecule has 3 aromatic rings. The van der Waals surface area contributed by atoms with E-state index >= 15 is 0 Å². The van der Waals surface area contributed by atoms with Crippen molar-refractivity contribution in [3.63, 3.8) is 0 Å². The minimum atomic E-state index is -0.503. The summed E-state index contributed by atoms with van der Waals surface area (Å²) < 4.78 is 5.42. The largest absolute Gasteiger partial charge is 0.504 e. The summed E-state index contributed by atoms with van der Waals surface area (Å²) in [5.41, 5.74) is 0.101. The van der Waals surface area contributed by atoms with Crippen molar-refractivity contribution in [2.75, 3.05) is 0 Å². The summed E-state index contributed by atoms with van der Waals surface area (Å²) in [7, 11) is 0. The molecule has 1 aromatic heterocycles. The van der Waals surface area contributed by atoms with E-state index in [-0.39, 0.29) is 39.4 Å². The van der Waals surface area contributed by atoms with E-state index in [0.717, 1.165) is 0 Å². The second kappa shape index (κ2) is 5.42. The molecule has 0 saturated carbocycles. The van der Waals surface area contributed by atoms with Gasteiger partial charge in [0, 0.05) is 6.07 Å². The molecule has 0 unspecified atom stereocenters. The fraction of sp³-hybridized carbons (Fsp3) is 0. The number of aromatic hydroxyl groups is 4. The molecule has 0 fully saturated rings. The van der Waals surface area contributed by atoms with E-state index in [1.54, 1.807) is 12.1 Å². The van der Waals surface area contributed by atoms with Crippen molar-refractivity contribution in [2.45, 2.75) is 0 Å². The Bertz CT molecular complexity index is 984. The van der Waals surface area contributed by atoms with Crippen molar-refractivity contribution in [3.8, 4) is 23.0 Å². The van der Waals surface area contributed by atoms with E-state index in [4.69, 9.17) is 4.42 Å². The van der Waals surface area contributed by atoms with E-state index < -0.39 is 5.75 Å². The molecule has 4 N–H and O–H groups in total. The summed E-state index contributed by atoms with van der Waals surface area (Å²) in [6.07, 6.45) is 3.03. The van der Waals surface area contributed by atoms with Crippen molar-refractivity contribution in [3.05, 3.63) is 57.9 Å². The van der Waals surface area contributed by atoms with E-state index in [1.807, 2.05) is 0 Å². The van der Waals surface area contributed by atoms with Crippen LogP contribution in [0.2, 0.25) is 0 Å². The zero-order valence-electron chi connectivity index (χ0n) is 11.7. The highest BCUT2D eigenvalue weighted by molar-refractivity contribution is 5.85. The third-order valence-corrected chi connectivity index (χ3v) is 3.31. The van der Waals surface area contributed by atoms with Crippen LogP contribution in [0.4, 0.5) is 0 Å². The highest BCUT2D eigenvalue weighted by atomic mass is 16.4. The highest BCUT2D eigenvalue weighted by Crippen LogP contribution is 2.32. The van der Waals surface area contributed by atoms with Crippen molar-refractivity contribution >= 4 is 23.1 Å². The molecule has 2 aromatic carbocycles. The molecule has 0 radical (unpaired) electrons. The molecule has 1 heterocycles. The van der Waals surface area contributed by atoms with Gasteiger partial charge in [0.05, 0.1) is 5.39 Å². The number of hydrogen-bond donors (Lipinski definition) is 4. The summed E-state index contributed by atoms with van der Waals surface area (Å²) in [4.78, 5) is 12.0. The molecular weight excluding hydrogens is 300 g/mol. The lowest BCUT2D eigenvalue weighted by molar-refractivity contribution is 0.399. The lowest BCUT2D eigenvalue weighted by Crippen LogP contribution is -2.00. The maximum absolute atomic E-state index is 12.0. The van der Waals surface area contributed by atoms with Gasteiger partial charge in [-0.3, -0.25) is 4.79 Å². The van der Waals surface area contributed by atoms with Crippen molar-refractivity contribution in [1.82, 2.24) is 0 Å². The average Bonchev–Trinajstić information content (AvgIpc) is 2.52. The SMILES string of the molecule is O=c1cc(/C=C/c2ccc(O)c(O)c2)oc2c(O)c(O)ccc12. The van der Waals surface area contributed by atoms with E-state index in [1.165, 1.54) is 36.4 Å². The zero-order chi connectivity index (χ0) is 16.6. The van der Waals surface area contributed by atoms with Crippen molar-refractivity contribution in [1.29, 1.82) is 0 Å². The van der Waals surface area contributed by atoms with Gasteiger partial charge in [-0.2, -0.15) is 0 Å². The zero-order valence-corrected chi connectivity index (χ0v) is 11.7. The summed E-state index contributed by atoms with van der Waals surface area (Å²) >= 11 is 0. The van der Waals surface area contributed by atoms with Gasteiger partial charge in [-0.25, -0.2) is 0 Å². The summed E-state index contributed by atoms with van der Waals surface area (Å²) in [6.45, 7) is 0. The first-order valence-corrected chi connectivity index (χ1v) is 6.64. The monoisotopic (exact) mass is 312 g/mol. The molecule has 23 heavy (non-hydrogen) atoms. The van der Waals surface area contributed by atoms with Crippen LogP contribution in [0.5, 0.6) is 23.0 Å². The van der Waals surface area contributed by atoms with Gasteiger partial charge in [0.1, 0.15) is 5.76 Å². The molecule has 0 aliphatic rings. The van der Waals surface area contributed by atoms with Gasteiger partial charge < -0.3 is 24.8 Å². The van der Waals surface area contributed by atoms with Gasteiger partial charge in [0.15, 0.2) is 28.3 Å². The number of rotatable bonds is 2. The molecule has 0 saturated heterocycles. The Morgan fingerprint density at radius 2 is 1.57 bits per heavy atom. The quantitative estimate of drug-likeness (QED) is 0.541. The second-order valence-electron chi connectivity index (χ2n) is 4.90. The van der Waals surface area contributed by atoms with E-state index in [2.05, 4.69) is 0 Å². The van der Waals surface area contributed by atoms with Gasteiger partial charge in [-0.05, 0) is 35.9 Å². The van der Waals surface area contributed by atoms with Crippen LogP contribution in [0.3, 0.4) is 0 Å². The molecule has 0 aliphatic carbocycles. The van der Waals surface area contributed by atoms with Gasteiger partial charge in [-0.15, -0.1) is 0 Å². The topological polar surface area (TPSA) is 111 Å². The molecule has 116 valence electrons. The van der Waals surface area contributed by atoms with Crippen LogP contribution in [0.25, 0.3) is 23.1 Å². The minimum absolute atomic E-state index is 0.106. The van der Waals surface area contributed by atoms with Crippen LogP contribution < -0.4 is 5.43 Å². The third-order valence-electron chi connectivity index (χ3n) is 3.31. The molecule has 3 rings (SSSR count). The van der Waals surface area contributed by atoms with Gasteiger partial charge in [0.2, 0.25) is 5.75 Å². The van der Waals surface area contributed by atoms with Crippen LogP contribution in [-0.4, -0.2) is 20.4 Å². The lowest BCUT2D eigenvalue weighted by Gasteiger charge is -2.03. The molecular formula is C17H12O6. The van der Waals surface area contributed by atoms with Gasteiger partial charge in [0.25, 0.3) is 0 Å². The van der Waals surface area contributed by atoms with Gasteiger partial charge >= 0.3 is 0 Å². The second-order valence-corrected chi connectivity index (χ2v) is 4.90. The normalized spacial score (nSPS) is 11.3. The van der Waals surface area contributed by atoms with Crippen molar-refractivity contribution < 1.29 is 24.8 Å². The Kier molecular flexibility index (Phi) is 3.42. The fourth-order valence-corrected chi connectivity index (χ4v) is 2.12. The predicted molar refractivity (Wildman–Crippen MR) is 84.5 cm³/mol. The Morgan fingerprint density at radius 3 is 2.30 bits per heavy atom. The highest BCUT2D eigenvalue weighted by Gasteiger charge is 2.11. The Morgan fingerprint density at radius 1 is 0.826 bits per heavy atom. The molecule has 6 nitrogen and oxygen atoms in total. The van der Waals surface area contributed by atoms with Crippen LogP contribution in [0.15, 0.2) is 45.6 Å². The van der Waals surface area contributed by atoms with Crippen LogP contribution in [-0.2, 0) is 0 Å². The first kappa shape index (κ1) is 14.5. The molecule has 6 heteroatoms. The Hall–Kier alpha value is -3.41. The molecule has 0 aliphatic heterocycles. The molecule has 0 bridgehead atoms. The summed E-state index contributed by atoms with van der Waals surface area (Å²) in [5, 5.41) is 38.1. The first-order chi connectivity index (χ1) is 11.0. The minimum Gasteiger partial charge on any atom is -0.504 e.